The largest absolute Gasteiger partial charge is 0.419 e. The average molecular weight is 243 g/mol. The van der Waals surface area contributed by atoms with E-state index in [-0.39, 0.29) is 0 Å². The summed E-state index contributed by atoms with van der Waals surface area (Å²) in [6.07, 6.45) is 5.17. The van der Waals surface area contributed by atoms with Gasteiger partial charge in [0.2, 0.25) is 11.8 Å². The number of nitrogens with zero attached hydrogens (tertiary/aromatic N) is 2. The minimum Gasteiger partial charge on any atom is -0.419 e. The highest BCUT2D eigenvalue weighted by Gasteiger charge is 2.06. The highest BCUT2D eigenvalue weighted by atomic mass is 16.4. The molecule has 4 heteroatoms. The van der Waals surface area contributed by atoms with Gasteiger partial charge in [0, 0.05) is 5.56 Å². The lowest BCUT2D eigenvalue weighted by molar-refractivity contribution is 0.479. The van der Waals surface area contributed by atoms with Gasteiger partial charge in [0.15, 0.2) is 0 Å². The Morgan fingerprint density at radius 2 is 2.06 bits per heavy atom. The van der Waals surface area contributed by atoms with E-state index >= 15 is 0 Å². The Morgan fingerprint density at radius 1 is 1.22 bits per heavy atom. The zero-order valence-corrected chi connectivity index (χ0v) is 10.5. The summed E-state index contributed by atoms with van der Waals surface area (Å²) in [6.45, 7) is 3.54. The second-order valence-electron chi connectivity index (χ2n) is 3.90. The molecule has 1 aromatic carbocycles. The Hall–Kier alpha value is -1.94. The van der Waals surface area contributed by atoms with E-state index in [1.807, 2.05) is 43.3 Å². The van der Waals surface area contributed by atoms with Gasteiger partial charge in [-0.1, -0.05) is 30.4 Å². The third-order valence-electron chi connectivity index (χ3n) is 2.49. The average Bonchev–Trinajstić information content (AvgIpc) is 2.88. The van der Waals surface area contributed by atoms with Crippen LogP contribution in [0.5, 0.6) is 0 Å². The van der Waals surface area contributed by atoms with E-state index in [2.05, 4.69) is 21.6 Å². The van der Waals surface area contributed by atoms with Crippen LogP contribution in [0.1, 0.15) is 19.2 Å². The van der Waals surface area contributed by atoms with Crippen LogP contribution < -0.4 is 5.32 Å². The summed E-state index contributed by atoms with van der Waals surface area (Å²) < 4.78 is 5.57. The van der Waals surface area contributed by atoms with Crippen molar-refractivity contribution in [1.29, 1.82) is 0 Å². The Morgan fingerprint density at radius 3 is 2.83 bits per heavy atom. The third-order valence-corrected chi connectivity index (χ3v) is 2.49. The van der Waals surface area contributed by atoms with E-state index < -0.39 is 0 Å². The van der Waals surface area contributed by atoms with Crippen LogP contribution >= 0.6 is 0 Å². The number of hydrogen-bond acceptors (Lipinski definition) is 4. The van der Waals surface area contributed by atoms with Gasteiger partial charge in [-0.25, -0.2) is 0 Å². The fourth-order valence-corrected chi connectivity index (χ4v) is 1.57. The summed E-state index contributed by atoms with van der Waals surface area (Å²) in [5.41, 5.74) is 0.949. The van der Waals surface area contributed by atoms with E-state index in [0.717, 1.165) is 18.5 Å². The predicted octanol–water partition coefficient (Wildman–Crippen LogP) is 2.79. The molecule has 0 radical (unpaired) electrons. The van der Waals surface area contributed by atoms with Crippen LogP contribution in [0.25, 0.3) is 11.5 Å². The number of aromatic nitrogens is 2. The molecule has 4 nitrogen and oxygen atoms in total. The molecule has 2 rings (SSSR count). The lowest BCUT2D eigenvalue weighted by atomic mass is 10.2. The van der Waals surface area contributed by atoms with Gasteiger partial charge in [0.1, 0.15) is 0 Å². The molecule has 0 spiro atoms. The molecule has 0 saturated carbocycles. The molecule has 1 heterocycles. The van der Waals surface area contributed by atoms with Gasteiger partial charge >= 0.3 is 0 Å². The first-order valence-corrected chi connectivity index (χ1v) is 6.10. The Kier molecular flexibility index (Phi) is 4.67. The van der Waals surface area contributed by atoms with Crippen molar-refractivity contribution in [3.63, 3.8) is 0 Å². The van der Waals surface area contributed by atoms with Gasteiger partial charge in [-0.2, -0.15) is 0 Å². The first kappa shape index (κ1) is 12.5. The van der Waals surface area contributed by atoms with Crippen molar-refractivity contribution in [3.8, 4) is 11.5 Å². The van der Waals surface area contributed by atoms with Crippen LogP contribution in [0.15, 0.2) is 46.9 Å². The number of nitrogens with one attached hydrogen (secondary N) is 1. The van der Waals surface area contributed by atoms with Crippen LogP contribution in [0, 0.1) is 0 Å². The van der Waals surface area contributed by atoms with Crippen molar-refractivity contribution in [3.05, 3.63) is 48.4 Å². The van der Waals surface area contributed by atoms with Crippen LogP contribution in [0.2, 0.25) is 0 Å². The first-order valence-electron chi connectivity index (χ1n) is 6.10. The molecule has 0 unspecified atom stereocenters. The summed E-state index contributed by atoms with van der Waals surface area (Å²) in [5, 5.41) is 11.3. The lowest BCUT2D eigenvalue weighted by Crippen LogP contribution is -2.14. The molecule has 0 amide bonds. The van der Waals surface area contributed by atoms with E-state index in [0.29, 0.717) is 18.3 Å². The van der Waals surface area contributed by atoms with Crippen molar-refractivity contribution < 1.29 is 4.42 Å². The standard InChI is InChI=1S/C14H17N3O/c1-2-3-7-10-15-11-13-16-17-14(18-13)12-8-5-4-6-9-12/h2-6,8-9,15H,7,10-11H2,1H3/b3-2+. The summed E-state index contributed by atoms with van der Waals surface area (Å²) >= 11 is 0. The predicted molar refractivity (Wildman–Crippen MR) is 70.9 cm³/mol. The molecule has 0 aliphatic heterocycles. The molecule has 2 aromatic rings. The maximum absolute atomic E-state index is 5.57. The van der Waals surface area contributed by atoms with Crippen molar-refractivity contribution in [2.24, 2.45) is 0 Å². The van der Waals surface area contributed by atoms with Crippen molar-refractivity contribution >= 4 is 0 Å². The molecule has 1 N–H and O–H groups in total. The first-order chi connectivity index (χ1) is 8.90. The fraction of sp³-hybridized carbons (Fsp3) is 0.286. The van der Waals surface area contributed by atoms with E-state index in [9.17, 15) is 0 Å². The molecule has 0 bridgehead atoms. The molecular weight excluding hydrogens is 226 g/mol. The van der Waals surface area contributed by atoms with Crippen molar-refractivity contribution in [2.45, 2.75) is 19.9 Å². The fourth-order valence-electron chi connectivity index (χ4n) is 1.57. The third kappa shape index (κ3) is 3.53. The van der Waals surface area contributed by atoms with Crippen molar-refractivity contribution in [2.75, 3.05) is 6.54 Å². The molecule has 0 fully saturated rings. The molecule has 18 heavy (non-hydrogen) atoms. The maximum Gasteiger partial charge on any atom is 0.247 e. The highest BCUT2D eigenvalue weighted by Crippen LogP contribution is 2.16. The summed E-state index contributed by atoms with van der Waals surface area (Å²) in [7, 11) is 0. The normalized spacial score (nSPS) is 11.2. The summed E-state index contributed by atoms with van der Waals surface area (Å²) in [6, 6.07) is 9.78. The van der Waals surface area contributed by atoms with E-state index in [1.54, 1.807) is 0 Å². The van der Waals surface area contributed by atoms with Crippen LogP contribution in [-0.2, 0) is 6.54 Å². The highest BCUT2D eigenvalue weighted by molar-refractivity contribution is 5.51. The quantitative estimate of drug-likeness (QED) is 0.626. The molecule has 0 aliphatic rings. The second kappa shape index (κ2) is 6.71. The second-order valence-corrected chi connectivity index (χ2v) is 3.90. The van der Waals surface area contributed by atoms with Crippen LogP contribution in [0.3, 0.4) is 0 Å². The Bertz CT molecular complexity index is 491. The van der Waals surface area contributed by atoms with E-state index in [1.165, 1.54) is 0 Å². The zero-order valence-electron chi connectivity index (χ0n) is 10.5. The Balaban J connectivity index is 1.87. The number of rotatable bonds is 6. The van der Waals surface area contributed by atoms with Crippen LogP contribution in [-0.4, -0.2) is 16.7 Å². The summed E-state index contributed by atoms with van der Waals surface area (Å²) in [4.78, 5) is 0. The van der Waals surface area contributed by atoms with Gasteiger partial charge in [0.05, 0.1) is 6.54 Å². The lowest BCUT2D eigenvalue weighted by Gasteiger charge is -1.97. The topological polar surface area (TPSA) is 51.0 Å². The van der Waals surface area contributed by atoms with Gasteiger partial charge in [-0.15, -0.1) is 10.2 Å². The minimum atomic E-state index is 0.570. The Labute approximate surface area is 107 Å². The van der Waals surface area contributed by atoms with Gasteiger partial charge < -0.3 is 9.73 Å². The van der Waals surface area contributed by atoms with E-state index in [4.69, 9.17) is 4.42 Å². The van der Waals surface area contributed by atoms with Crippen LogP contribution in [0.4, 0.5) is 0 Å². The molecule has 94 valence electrons. The van der Waals surface area contributed by atoms with Crippen molar-refractivity contribution in [1.82, 2.24) is 15.5 Å². The minimum absolute atomic E-state index is 0.570. The number of hydrogen-bond donors (Lipinski definition) is 1. The molecule has 0 aliphatic carbocycles. The van der Waals surface area contributed by atoms with Gasteiger partial charge in [-0.05, 0) is 32.0 Å². The molecule has 0 atom stereocenters. The number of allylic oxidation sites excluding steroid dienone is 1. The molecule has 1 aromatic heterocycles. The molecule has 0 saturated heterocycles. The molecular formula is C14H17N3O. The maximum atomic E-state index is 5.57. The smallest absolute Gasteiger partial charge is 0.247 e. The van der Waals surface area contributed by atoms with Gasteiger partial charge in [-0.3, -0.25) is 0 Å². The van der Waals surface area contributed by atoms with Gasteiger partial charge in [0.25, 0.3) is 0 Å². The zero-order chi connectivity index (χ0) is 12.6. The number of benzene rings is 1. The summed E-state index contributed by atoms with van der Waals surface area (Å²) in [5.74, 6) is 1.19. The monoisotopic (exact) mass is 243 g/mol. The SMILES string of the molecule is C/C=C/CCNCc1nnc(-c2ccccc2)o1.